The van der Waals surface area contributed by atoms with Crippen LogP contribution in [0.25, 0.3) is 0 Å². The summed E-state index contributed by atoms with van der Waals surface area (Å²) in [6.07, 6.45) is 5.23. The summed E-state index contributed by atoms with van der Waals surface area (Å²) in [4.78, 5) is 0. The van der Waals surface area contributed by atoms with E-state index in [9.17, 15) is 0 Å². The largest absolute Gasteiger partial charge is 0.488 e. The molecule has 1 saturated carbocycles. The zero-order chi connectivity index (χ0) is 11.4. The van der Waals surface area contributed by atoms with E-state index in [0.29, 0.717) is 18.2 Å². The molecule has 0 saturated heterocycles. The fraction of sp³-hybridized carbons (Fsp3) is 0.500. The maximum atomic E-state index is 9.04. The minimum absolute atomic E-state index is 0.391. The average molecular weight is 220 g/mol. The maximum absolute atomic E-state index is 9.04. The SMILES string of the molecule is OB(O)c1cccc(COC2CCCC2)c1. The van der Waals surface area contributed by atoms with Crippen molar-refractivity contribution in [1.82, 2.24) is 0 Å². The smallest absolute Gasteiger partial charge is 0.423 e. The standard InChI is InChI=1S/C12H17BO3/c14-13(15)11-5-3-4-10(8-11)9-16-12-6-1-2-7-12/h3-5,8,12,14-15H,1-2,6-7,9H2. The van der Waals surface area contributed by atoms with Gasteiger partial charge in [0.1, 0.15) is 0 Å². The summed E-state index contributed by atoms with van der Waals surface area (Å²) in [5, 5.41) is 18.1. The summed E-state index contributed by atoms with van der Waals surface area (Å²) >= 11 is 0. The van der Waals surface area contributed by atoms with Crippen LogP contribution in [0.3, 0.4) is 0 Å². The number of ether oxygens (including phenoxy) is 1. The quantitative estimate of drug-likeness (QED) is 0.738. The molecule has 0 spiro atoms. The van der Waals surface area contributed by atoms with E-state index >= 15 is 0 Å². The van der Waals surface area contributed by atoms with Gasteiger partial charge in [0.05, 0.1) is 12.7 Å². The molecule has 86 valence electrons. The van der Waals surface area contributed by atoms with Crippen LogP contribution >= 0.6 is 0 Å². The molecule has 2 rings (SSSR count). The minimum atomic E-state index is -1.40. The van der Waals surface area contributed by atoms with Gasteiger partial charge in [0.25, 0.3) is 0 Å². The van der Waals surface area contributed by atoms with E-state index in [2.05, 4.69) is 0 Å². The minimum Gasteiger partial charge on any atom is -0.423 e. The van der Waals surface area contributed by atoms with E-state index in [1.165, 1.54) is 12.8 Å². The first-order valence-electron chi connectivity index (χ1n) is 5.82. The molecule has 1 aliphatic carbocycles. The van der Waals surface area contributed by atoms with E-state index < -0.39 is 7.12 Å². The van der Waals surface area contributed by atoms with Crippen molar-refractivity contribution in [3.8, 4) is 0 Å². The molecule has 1 fully saturated rings. The number of hydrogen-bond acceptors (Lipinski definition) is 3. The van der Waals surface area contributed by atoms with Crippen LogP contribution in [0.15, 0.2) is 24.3 Å². The molecule has 0 amide bonds. The molecule has 0 atom stereocenters. The molecule has 0 heterocycles. The lowest BCUT2D eigenvalue weighted by molar-refractivity contribution is 0.0457. The Morgan fingerprint density at radius 2 is 2.00 bits per heavy atom. The lowest BCUT2D eigenvalue weighted by Crippen LogP contribution is -2.29. The summed E-state index contributed by atoms with van der Waals surface area (Å²) < 4.78 is 5.76. The highest BCUT2D eigenvalue weighted by molar-refractivity contribution is 6.58. The van der Waals surface area contributed by atoms with Gasteiger partial charge in [0.2, 0.25) is 0 Å². The van der Waals surface area contributed by atoms with Gasteiger partial charge < -0.3 is 14.8 Å². The van der Waals surface area contributed by atoms with E-state index in [1.54, 1.807) is 12.1 Å². The summed E-state index contributed by atoms with van der Waals surface area (Å²) in [5.74, 6) is 0. The Bertz CT molecular complexity index is 335. The van der Waals surface area contributed by atoms with Crippen molar-refractivity contribution >= 4 is 12.6 Å². The Labute approximate surface area is 96.2 Å². The van der Waals surface area contributed by atoms with Gasteiger partial charge in [-0.3, -0.25) is 0 Å². The molecular weight excluding hydrogens is 203 g/mol. The van der Waals surface area contributed by atoms with Crippen LogP contribution in [-0.4, -0.2) is 23.3 Å². The molecule has 2 N–H and O–H groups in total. The second kappa shape index (κ2) is 5.48. The molecule has 1 aromatic rings. The Morgan fingerprint density at radius 3 is 2.69 bits per heavy atom. The monoisotopic (exact) mass is 220 g/mol. The summed E-state index contributed by atoms with van der Waals surface area (Å²) in [7, 11) is -1.40. The van der Waals surface area contributed by atoms with Gasteiger partial charge in [-0.15, -0.1) is 0 Å². The van der Waals surface area contributed by atoms with Crippen molar-refractivity contribution in [1.29, 1.82) is 0 Å². The third-order valence-electron chi connectivity index (χ3n) is 3.04. The van der Waals surface area contributed by atoms with Crippen LogP contribution in [0.2, 0.25) is 0 Å². The van der Waals surface area contributed by atoms with E-state index in [4.69, 9.17) is 14.8 Å². The van der Waals surface area contributed by atoms with Crippen LogP contribution in [0, 0.1) is 0 Å². The van der Waals surface area contributed by atoms with Gasteiger partial charge in [0, 0.05) is 0 Å². The molecule has 0 radical (unpaired) electrons. The fourth-order valence-electron chi connectivity index (χ4n) is 2.11. The first-order chi connectivity index (χ1) is 7.75. The number of hydrogen-bond donors (Lipinski definition) is 2. The normalized spacial score (nSPS) is 16.6. The topological polar surface area (TPSA) is 49.7 Å². The van der Waals surface area contributed by atoms with Gasteiger partial charge in [0.15, 0.2) is 0 Å². The molecule has 0 aliphatic heterocycles. The summed E-state index contributed by atoms with van der Waals surface area (Å²) in [6.45, 7) is 0.561. The van der Waals surface area contributed by atoms with Gasteiger partial charge in [-0.2, -0.15) is 0 Å². The number of rotatable bonds is 4. The molecular formula is C12H17BO3. The molecule has 1 aromatic carbocycles. The molecule has 3 nitrogen and oxygen atoms in total. The van der Waals surface area contributed by atoms with E-state index in [0.717, 1.165) is 18.4 Å². The first-order valence-corrected chi connectivity index (χ1v) is 5.82. The van der Waals surface area contributed by atoms with Gasteiger partial charge in [-0.1, -0.05) is 37.1 Å². The van der Waals surface area contributed by atoms with Crippen molar-refractivity contribution in [2.75, 3.05) is 0 Å². The average Bonchev–Trinajstić information content (AvgIpc) is 2.79. The van der Waals surface area contributed by atoms with E-state index in [1.807, 2.05) is 12.1 Å². The van der Waals surface area contributed by atoms with Gasteiger partial charge >= 0.3 is 7.12 Å². The summed E-state index contributed by atoms with van der Waals surface area (Å²) in [6, 6.07) is 7.24. The molecule has 0 unspecified atom stereocenters. The van der Waals surface area contributed by atoms with Crippen LogP contribution < -0.4 is 5.46 Å². The first kappa shape index (κ1) is 11.6. The summed E-state index contributed by atoms with van der Waals surface area (Å²) in [5.41, 5.74) is 1.52. The molecule has 0 bridgehead atoms. The van der Waals surface area contributed by atoms with Crippen molar-refractivity contribution in [2.24, 2.45) is 0 Å². The Morgan fingerprint density at radius 1 is 1.25 bits per heavy atom. The highest BCUT2D eigenvalue weighted by atomic mass is 16.5. The van der Waals surface area contributed by atoms with Crippen LogP contribution in [0.1, 0.15) is 31.2 Å². The van der Waals surface area contributed by atoms with Gasteiger partial charge in [-0.05, 0) is 23.9 Å². The van der Waals surface area contributed by atoms with Crippen LogP contribution in [-0.2, 0) is 11.3 Å². The van der Waals surface area contributed by atoms with Crippen molar-refractivity contribution < 1.29 is 14.8 Å². The van der Waals surface area contributed by atoms with E-state index in [-0.39, 0.29) is 0 Å². The molecule has 4 heteroatoms. The Hall–Kier alpha value is -0.835. The third-order valence-corrected chi connectivity index (χ3v) is 3.04. The van der Waals surface area contributed by atoms with Crippen LogP contribution in [0.4, 0.5) is 0 Å². The molecule has 1 aliphatic rings. The van der Waals surface area contributed by atoms with Gasteiger partial charge in [-0.25, -0.2) is 0 Å². The predicted molar refractivity (Wildman–Crippen MR) is 63.3 cm³/mol. The zero-order valence-corrected chi connectivity index (χ0v) is 9.30. The lowest BCUT2D eigenvalue weighted by Gasteiger charge is -2.11. The Kier molecular flexibility index (Phi) is 3.99. The highest BCUT2D eigenvalue weighted by Crippen LogP contribution is 2.21. The Balaban J connectivity index is 1.90. The second-order valence-electron chi connectivity index (χ2n) is 4.34. The lowest BCUT2D eigenvalue weighted by atomic mass is 9.80. The maximum Gasteiger partial charge on any atom is 0.488 e. The predicted octanol–water partition coefficient (Wildman–Crippen LogP) is 0.826. The molecule has 16 heavy (non-hydrogen) atoms. The number of benzene rings is 1. The molecule has 0 aromatic heterocycles. The fourth-order valence-corrected chi connectivity index (χ4v) is 2.11. The van der Waals surface area contributed by atoms with Crippen molar-refractivity contribution in [3.63, 3.8) is 0 Å². The zero-order valence-electron chi connectivity index (χ0n) is 9.30. The van der Waals surface area contributed by atoms with Crippen LogP contribution in [0.5, 0.6) is 0 Å². The second-order valence-corrected chi connectivity index (χ2v) is 4.34. The highest BCUT2D eigenvalue weighted by Gasteiger charge is 2.16. The third kappa shape index (κ3) is 3.08. The van der Waals surface area contributed by atoms with Crippen molar-refractivity contribution in [3.05, 3.63) is 29.8 Å². The van der Waals surface area contributed by atoms with Crippen molar-refractivity contribution in [2.45, 2.75) is 38.4 Å².